The highest BCUT2D eigenvalue weighted by molar-refractivity contribution is 7.80. The van der Waals surface area contributed by atoms with Crippen LogP contribution in [0.3, 0.4) is 0 Å². The van der Waals surface area contributed by atoms with Gasteiger partial charge in [0.2, 0.25) is 0 Å². The molecule has 2 unspecified atom stereocenters. The molecule has 2 atom stereocenters. The van der Waals surface area contributed by atoms with Crippen molar-refractivity contribution in [2.75, 3.05) is 13.1 Å². The zero-order valence-electron chi connectivity index (χ0n) is 17.7. The molecule has 3 aromatic rings. The van der Waals surface area contributed by atoms with Crippen LogP contribution in [0.5, 0.6) is 0 Å². The lowest BCUT2D eigenvalue weighted by atomic mass is 9.83. The molecule has 1 saturated heterocycles. The van der Waals surface area contributed by atoms with Gasteiger partial charge in [-0.15, -0.1) is 0 Å². The molecular weight excluding hydrogens is 483 g/mol. The van der Waals surface area contributed by atoms with Gasteiger partial charge in [-0.1, -0.05) is 40.5 Å². The number of thiocarbonyl (C=S) groups is 1. The molecule has 0 radical (unpaired) electrons. The van der Waals surface area contributed by atoms with Crippen LogP contribution in [0.2, 0.25) is 10.0 Å². The maximum absolute atomic E-state index is 13.2. The van der Waals surface area contributed by atoms with Gasteiger partial charge >= 0.3 is 0 Å². The quantitative estimate of drug-likeness (QED) is 0.527. The van der Waals surface area contributed by atoms with Gasteiger partial charge in [0.15, 0.2) is 5.11 Å². The van der Waals surface area contributed by atoms with Crippen molar-refractivity contribution in [3.63, 3.8) is 0 Å². The Labute approximate surface area is 205 Å². The number of carbonyl (C=O) groups is 1. The molecule has 1 aromatic carbocycles. The number of hydrogen-bond donors (Lipinski definition) is 1. The Morgan fingerprint density at radius 2 is 1.88 bits per heavy atom. The van der Waals surface area contributed by atoms with E-state index in [1.54, 1.807) is 37.3 Å². The van der Waals surface area contributed by atoms with Crippen molar-refractivity contribution in [1.29, 1.82) is 0 Å². The molecule has 2 aromatic heterocycles. The molecule has 1 fully saturated rings. The van der Waals surface area contributed by atoms with Gasteiger partial charge in [-0.2, -0.15) is 0 Å². The second-order valence-corrected chi connectivity index (χ2v) is 9.62. The zero-order chi connectivity index (χ0) is 23.3. The number of benzene rings is 1. The minimum atomic E-state index is -0.433. The van der Waals surface area contributed by atoms with Crippen LogP contribution in [0.1, 0.15) is 34.2 Å². The maximum Gasteiger partial charge on any atom is 0.263 e. The molecule has 4 heterocycles. The summed E-state index contributed by atoms with van der Waals surface area (Å²) in [6.07, 6.45) is 0.996. The Morgan fingerprint density at radius 1 is 1.15 bits per heavy atom. The first kappa shape index (κ1) is 22.1. The lowest BCUT2D eigenvalue weighted by molar-refractivity contribution is 0.0967. The Morgan fingerprint density at radius 3 is 2.64 bits per heavy atom. The smallest absolute Gasteiger partial charge is 0.263 e. The molecule has 1 N–H and O–H groups in total. The van der Waals surface area contributed by atoms with Gasteiger partial charge in [-0.25, -0.2) is 0 Å². The third kappa shape index (κ3) is 3.96. The third-order valence-electron chi connectivity index (χ3n) is 6.28. The molecule has 33 heavy (non-hydrogen) atoms. The van der Waals surface area contributed by atoms with Crippen LogP contribution >= 0.6 is 35.4 Å². The molecule has 2 aliphatic rings. The number of rotatable bonds is 2. The average Bonchev–Trinajstić information content (AvgIpc) is 3.15. The summed E-state index contributed by atoms with van der Waals surface area (Å²) in [6.45, 7) is 3.60. The van der Waals surface area contributed by atoms with E-state index in [9.17, 15) is 9.59 Å². The molecule has 7 nitrogen and oxygen atoms in total. The van der Waals surface area contributed by atoms with E-state index in [1.165, 1.54) is 0 Å². The average molecular weight is 503 g/mol. The minimum Gasteiger partial charge on any atom is -0.360 e. The van der Waals surface area contributed by atoms with E-state index in [4.69, 9.17) is 39.9 Å². The fourth-order valence-corrected chi connectivity index (χ4v) is 5.65. The third-order valence-corrected chi connectivity index (χ3v) is 7.27. The summed E-state index contributed by atoms with van der Waals surface area (Å²) in [5, 5.41) is 7.93. The van der Waals surface area contributed by atoms with Crippen LogP contribution in [0.4, 0.5) is 0 Å². The number of carbonyl (C=O) groups excluding carboxylic acids is 1. The number of pyridine rings is 1. The lowest BCUT2D eigenvalue weighted by Gasteiger charge is -2.43. The fraction of sp³-hybridized carbons (Fsp3) is 0.304. The normalized spacial score (nSPS) is 19.2. The predicted molar refractivity (Wildman–Crippen MR) is 130 cm³/mol. The van der Waals surface area contributed by atoms with Crippen LogP contribution in [-0.2, 0) is 6.54 Å². The minimum absolute atomic E-state index is 0.0280. The Bertz CT molecular complexity index is 1320. The number of fused-ring (bicyclic) bond motifs is 4. The number of hydrogen-bond acceptors (Lipinski definition) is 5. The van der Waals surface area contributed by atoms with E-state index in [0.717, 1.165) is 12.1 Å². The van der Waals surface area contributed by atoms with Crippen molar-refractivity contribution in [2.45, 2.75) is 25.8 Å². The van der Waals surface area contributed by atoms with Crippen LogP contribution in [0, 0.1) is 12.8 Å². The topological polar surface area (TPSA) is 80.4 Å². The summed E-state index contributed by atoms with van der Waals surface area (Å²) in [5.74, 6) is 0.360. The van der Waals surface area contributed by atoms with Crippen molar-refractivity contribution in [3.05, 3.63) is 73.8 Å². The van der Waals surface area contributed by atoms with E-state index in [2.05, 4.69) is 10.5 Å². The van der Waals surface area contributed by atoms with Crippen LogP contribution in [-0.4, -0.2) is 38.7 Å². The molecular formula is C23H20Cl2N4O3S. The first-order valence-corrected chi connectivity index (χ1v) is 11.7. The van der Waals surface area contributed by atoms with Gasteiger partial charge in [0.05, 0.1) is 10.0 Å². The van der Waals surface area contributed by atoms with Crippen molar-refractivity contribution < 1.29 is 9.32 Å². The second-order valence-electron chi connectivity index (χ2n) is 8.42. The highest BCUT2D eigenvalue weighted by atomic mass is 35.5. The second kappa shape index (κ2) is 8.59. The molecule has 170 valence electrons. The number of nitrogens with zero attached hydrogens (tertiary/aromatic N) is 3. The van der Waals surface area contributed by atoms with Crippen LogP contribution in [0.25, 0.3) is 11.3 Å². The lowest BCUT2D eigenvalue weighted by Crippen LogP contribution is -2.52. The SMILES string of the molecule is Cc1onc(-c2c(Cl)cccc2Cl)c1C(=O)NC(=S)N1CC2CC(C1)c1cccc(=O)n1C2. The number of amides is 1. The highest BCUT2D eigenvalue weighted by Gasteiger charge is 2.36. The van der Waals surface area contributed by atoms with E-state index in [0.29, 0.717) is 46.1 Å². The number of piperidine rings is 1. The zero-order valence-corrected chi connectivity index (χ0v) is 20.0. The van der Waals surface area contributed by atoms with Gasteiger partial charge < -0.3 is 14.0 Å². The van der Waals surface area contributed by atoms with E-state index >= 15 is 0 Å². The molecule has 1 amide bonds. The predicted octanol–water partition coefficient (Wildman–Crippen LogP) is 4.25. The summed E-state index contributed by atoms with van der Waals surface area (Å²) < 4.78 is 7.16. The van der Waals surface area contributed by atoms with E-state index in [1.807, 2.05) is 15.5 Å². The molecule has 5 rings (SSSR count). The monoisotopic (exact) mass is 502 g/mol. The first-order chi connectivity index (χ1) is 15.8. The number of nitrogens with one attached hydrogen (secondary N) is 1. The standard InChI is InChI=1S/C23H20Cl2N4O3S/c1-12-19(21(27-32-12)20-15(24)4-2-5-16(20)25)22(31)26-23(33)28-9-13-8-14(11-28)17-6-3-7-18(30)29(17)10-13/h2-7,13-14H,8-11H2,1H3,(H,26,31,33). The summed E-state index contributed by atoms with van der Waals surface area (Å²) in [5.41, 5.74) is 1.99. The largest absolute Gasteiger partial charge is 0.360 e. The Balaban J connectivity index is 1.38. The highest BCUT2D eigenvalue weighted by Crippen LogP contribution is 2.37. The molecule has 0 aliphatic carbocycles. The molecule has 0 saturated carbocycles. The number of aromatic nitrogens is 2. The number of halogens is 2. The number of aryl methyl sites for hydroxylation is 1. The Kier molecular flexibility index (Phi) is 5.76. The molecule has 2 aliphatic heterocycles. The molecule has 10 heteroatoms. The van der Waals surface area contributed by atoms with Crippen molar-refractivity contribution >= 4 is 46.4 Å². The van der Waals surface area contributed by atoms with Gasteiger partial charge in [-0.3, -0.25) is 14.9 Å². The van der Waals surface area contributed by atoms with Crippen molar-refractivity contribution in [1.82, 2.24) is 19.9 Å². The van der Waals surface area contributed by atoms with Crippen molar-refractivity contribution in [3.8, 4) is 11.3 Å². The summed E-state index contributed by atoms with van der Waals surface area (Å²) in [6, 6.07) is 10.5. The maximum atomic E-state index is 13.2. The Hall–Kier alpha value is -2.68. The van der Waals surface area contributed by atoms with Gasteiger partial charge in [-0.05, 0) is 49.7 Å². The summed E-state index contributed by atoms with van der Waals surface area (Å²) in [7, 11) is 0. The molecule has 2 bridgehead atoms. The van der Waals surface area contributed by atoms with Crippen LogP contribution < -0.4 is 10.9 Å². The summed E-state index contributed by atoms with van der Waals surface area (Å²) in [4.78, 5) is 27.5. The van der Waals surface area contributed by atoms with Crippen molar-refractivity contribution in [2.24, 2.45) is 5.92 Å². The fourth-order valence-electron chi connectivity index (χ4n) is 4.84. The van der Waals surface area contributed by atoms with Gasteiger partial charge in [0, 0.05) is 42.9 Å². The summed E-state index contributed by atoms with van der Waals surface area (Å²) >= 11 is 18.3. The van der Waals surface area contributed by atoms with Gasteiger partial charge in [0.25, 0.3) is 11.5 Å². The van der Waals surface area contributed by atoms with E-state index in [-0.39, 0.29) is 28.7 Å². The van der Waals surface area contributed by atoms with Crippen LogP contribution in [0.15, 0.2) is 45.7 Å². The van der Waals surface area contributed by atoms with E-state index < -0.39 is 5.91 Å². The first-order valence-electron chi connectivity index (χ1n) is 10.5. The van der Waals surface area contributed by atoms with Gasteiger partial charge in [0.1, 0.15) is 17.0 Å². The molecule has 0 spiro atoms. The number of likely N-dealkylation sites (tertiary alicyclic amines) is 1.